The third kappa shape index (κ3) is 3.35. The summed E-state index contributed by atoms with van der Waals surface area (Å²) in [5.41, 5.74) is 0. The number of esters is 1. The number of hydrogen-bond acceptors (Lipinski definition) is 5. The molecule has 1 aliphatic rings. The lowest BCUT2D eigenvalue weighted by atomic mass is 9.86. The Morgan fingerprint density at radius 2 is 1.79 bits per heavy atom. The SMILES string of the molecule is O=C(OCCC(F)(F)C(F)(F)S(=O)(=O)[O-])C1CCC1. The molecule has 5 nitrogen and oxygen atoms in total. The summed E-state index contributed by atoms with van der Waals surface area (Å²) in [6.45, 7) is -1.08. The smallest absolute Gasteiger partial charge is 0.396 e. The van der Waals surface area contributed by atoms with Gasteiger partial charge >= 0.3 is 17.1 Å². The standard InChI is InChI=1S/C9H12F4O5S/c10-8(11,9(12,13)19(15,16)17)4-5-18-7(14)6-2-1-3-6/h6H,1-5H2,(H,15,16,17)/p-1. The van der Waals surface area contributed by atoms with Crippen LogP contribution in [0.4, 0.5) is 17.6 Å². The lowest BCUT2D eigenvalue weighted by Gasteiger charge is -2.28. The van der Waals surface area contributed by atoms with Crippen LogP contribution in [0.15, 0.2) is 0 Å². The van der Waals surface area contributed by atoms with Gasteiger partial charge in [-0.15, -0.1) is 0 Å². The Morgan fingerprint density at radius 1 is 1.26 bits per heavy atom. The highest BCUT2D eigenvalue weighted by molar-refractivity contribution is 7.86. The molecule has 0 aromatic rings. The summed E-state index contributed by atoms with van der Waals surface area (Å²) < 4.78 is 85.7. The van der Waals surface area contributed by atoms with Crippen molar-refractivity contribution >= 4 is 16.1 Å². The van der Waals surface area contributed by atoms with Crippen LogP contribution in [-0.4, -0.2) is 36.7 Å². The molecular formula is C9H11F4O5S-. The fraction of sp³-hybridized carbons (Fsp3) is 0.889. The molecule has 0 saturated heterocycles. The van der Waals surface area contributed by atoms with Crippen molar-refractivity contribution in [1.29, 1.82) is 0 Å². The van der Waals surface area contributed by atoms with Gasteiger partial charge in [0.25, 0.3) is 0 Å². The van der Waals surface area contributed by atoms with E-state index in [1.54, 1.807) is 0 Å². The minimum Gasteiger partial charge on any atom is -0.743 e. The quantitative estimate of drug-likeness (QED) is 0.422. The predicted octanol–water partition coefficient (Wildman–Crippen LogP) is 1.49. The topological polar surface area (TPSA) is 83.5 Å². The van der Waals surface area contributed by atoms with Gasteiger partial charge in [0.05, 0.1) is 18.9 Å². The third-order valence-electron chi connectivity index (χ3n) is 2.84. The predicted molar refractivity (Wildman–Crippen MR) is 52.5 cm³/mol. The van der Waals surface area contributed by atoms with Gasteiger partial charge in [-0.3, -0.25) is 4.79 Å². The van der Waals surface area contributed by atoms with Crippen LogP contribution in [0.25, 0.3) is 0 Å². The zero-order valence-corrected chi connectivity index (χ0v) is 10.4. The van der Waals surface area contributed by atoms with Crippen molar-refractivity contribution in [3.63, 3.8) is 0 Å². The summed E-state index contributed by atoms with van der Waals surface area (Å²) in [5.74, 6) is -6.29. The first-order valence-electron chi connectivity index (χ1n) is 5.37. The van der Waals surface area contributed by atoms with E-state index in [0.717, 1.165) is 6.42 Å². The van der Waals surface area contributed by atoms with E-state index in [9.17, 15) is 35.3 Å². The molecular weight excluding hydrogens is 296 g/mol. The van der Waals surface area contributed by atoms with Crippen LogP contribution in [0.5, 0.6) is 0 Å². The molecule has 0 N–H and O–H groups in total. The van der Waals surface area contributed by atoms with E-state index < -0.39 is 46.2 Å². The van der Waals surface area contributed by atoms with E-state index in [4.69, 9.17) is 0 Å². The lowest BCUT2D eigenvalue weighted by Crippen LogP contribution is -2.47. The molecule has 1 saturated carbocycles. The second-order valence-corrected chi connectivity index (χ2v) is 5.64. The lowest BCUT2D eigenvalue weighted by molar-refractivity contribution is -0.177. The number of ether oxygens (including phenoxy) is 1. The van der Waals surface area contributed by atoms with Gasteiger partial charge in [-0.1, -0.05) is 6.42 Å². The third-order valence-corrected chi connectivity index (χ3v) is 3.77. The molecule has 0 amide bonds. The van der Waals surface area contributed by atoms with Crippen LogP contribution < -0.4 is 0 Å². The normalized spacial score (nSPS) is 17.9. The first kappa shape index (κ1) is 16.2. The molecule has 0 unspecified atom stereocenters. The van der Waals surface area contributed by atoms with Gasteiger partial charge in [-0.2, -0.15) is 17.6 Å². The average Bonchev–Trinajstić information content (AvgIpc) is 2.12. The maximum Gasteiger partial charge on any atom is 0.396 e. The van der Waals surface area contributed by atoms with Crippen molar-refractivity contribution in [2.75, 3.05) is 6.61 Å². The number of alkyl halides is 4. The summed E-state index contributed by atoms with van der Waals surface area (Å²) in [6.07, 6.45) is 0.142. The van der Waals surface area contributed by atoms with Crippen LogP contribution in [0.2, 0.25) is 0 Å². The maximum atomic E-state index is 12.9. The zero-order valence-electron chi connectivity index (χ0n) is 9.57. The molecule has 0 aliphatic heterocycles. The fourth-order valence-electron chi connectivity index (χ4n) is 1.37. The van der Waals surface area contributed by atoms with Gasteiger partial charge < -0.3 is 9.29 Å². The summed E-state index contributed by atoms with van der Waals surface area (Å²) >= 11 is 0. The fourth-order valence-corrected chi connectivity index (χ4v) is 1.84. The van der Waals surface area contributed by atoms with Crippen molar-refractivity contribution in [3.05, 3.63) is 0 Å². The van der Waals surface area contributed by atoms with Gasteiger partial charge in [0.15, 0.2) is 10.1 Å². The van der Waals surface area contributed by atoms with Crippen LogP contribution in [0.3, 0.4) is 0 Å². The van der Waals surface area contributed by atoms with Crippen LogP contribution in [-0.2, 0) is 19.6 Å². The van der Waals surface area contributed by atoms with Crippen molar-refractivity contribution in [2.45, 2.75) is 36.9 Å². The first-order valence-corrected chi connectivity index (χ1v) is 6.77. The largest absolute Gasteiger partial charge is 0.743 e. The highest BCUT2D eigenvalue weighted by Crippen LogP contribution is 2.40. The number of rotatable bonds is 6. The average molecular weight is 307 g/mol. The van der Waals surface area contributed by atoms with E-state index in [2.05, 4.69) is 4.74 Å². The summed E-state index contributed by atoms with van der Waals surface area (Å²) in [6, 6.07) is 0. The molecule has 0 heterocycles. The molecule has 0 radical (unpaired) electrons. The van der Waals surface area contributed by atoms with E-state index in [0.29, 0.717) is 12.8 Å². The summed E-state index contributed by atoms with van der Waals surface area (Å²) in [7, 11) is -6.49. The molecule has 112 valence electrons. The molecule has 0 spiro atoms. The zero-order chi connectivity index (χ0) is 14.9. The first-order chi connectivity index (χ1) is 8.49. The van der Waals surface area contributed by atoms with E-state index in [1.807, 2.05) is 0 Å². The number of carbonyl (C=O) groups excluding carboxylic acids is 1. The summed E-state index contributed by atoms with van der Waals surface area (Å²) in [4.78, 5) is 11.1. The second kappa shape index (κ2) is 5.23. The van der Waals surface area contributed by atoms with Gasteiger partial charge in [0.2, 0.25) is 0 Å². The maximum absolute atomic E-state index is 12.9. The van der Waals surface area contributed by atoms with Crippen molar-refractivity contribution in [2.24, 2.45) is 5.92 Å². The van der Waals surface area contributed by atoms with Gasteiger partial charge in [-0.25, -0.2) is 8.42 Å². The Labute approximate surface area is 106 Å². The minimum absolute atomic E-state index is 0.419. The highest BCUT2D eigenvalue weighted by atomic mass is 32.2. The van der Waals surface area contributed by atoms with Crippen molar-refractivity contribution in [1.82, 2.24) is 0 Å². The van der Waals surface area contributed by atoms with Gasteiger partial charge in [0.1, 0.15) is 0 Å². The number of carbonyl (C=O) groups is 1. The number of hydrogen-bond donors (Lipinski definition) is 0. The molecule has 0 aromatic heterocycles. The molecule has 0 bridgehead atoms. The van der Waals surface area contributed by atoms with Crippen LogP contribution in [0, 0.1) is 5.92 Å². The highest BCUT2D eigenvalue weighted by Gasteiger charge is 2.61. The summed E-state index contributed by atoms with van der Waals surface area (Å²) in [5, 5.41) is -5.73. The number of halogens is 4. The van der Waals surface area contributed by atoms with E-state index >= 15 is 0 Å². The Balaban J connectivity index is 2.53. The molecule has 1 fully saturated rings. The Hall–Kier alpha value is -0.900. The van der Waals surface area contributed by atoms with Gasteiger partial charge in [0, 0.05) is 0 Å². The Kier molecular flexibility index (Phi) is 4.45. The molecule has 1 aliphatic carbocycles. The molecule has 0 atom stereocenters. The van der Waals surface area contributed by atoms with E-state index in [-0.39, 0.29) is 0 Å². The molecule has 10 heteroatoms. The monoisotopic (exact) mass is 307 g/mol. The molecule has 1 rings (SSSR count). The molecule has 0 aromatic carbocycles. The van der Waals surface area contributed by atoms with Gasteiger partial charge in [-0.05, 0) is 12.8 Å². The van der Waals surface area contributed by atoms with E-state index in [1.165, 1.54) is 0 Å². The van der Waals surface area contributed by atoms with Crippen LogP contribution >= 0.6 is 0 Å². The second-order valence-electron chi connectivity index (χ2n) is 4.22. The van der Waals surface area contributed by atoms with Crippen molar-refractivity contribution in [3.8, 4) is 0 Å². The minimum atomic E-state index is -6.49. The van der Waals surface area contributed by atoms with Crippen molar-refractivity contribution < 1.29 is 40.1 Å². The Morgan fingerprint density at radius 3 is 2.16 bits per heavy atom. The Bertz CT molecular complexity index is 444. The molecule has 19 heavy (non-hydrogen) atoms. The van der Waals surface area contributed by atoms with Crippen LogP contribution in [0.1, 0.15) is 25.7 Å².